The van der Waals surface area contributed by atoms with Crippen LogP contribution in [0.1, 0.15) is 57.4 Å². The third-order valence-electron chi connectivity index (χ3n) is 5.30. The highest BCUT2D eigenvalue weighted by atomic mass is 16.4. The number of amides is 2. The van der Waals surface area contributed by atoms with Gasteiger partial charge in [0, 0.05) is 6.54 Å². The number of benzene rings is 1. The lowest BCUT2D eigenvalue weighted by Crippen LogP contribution is -2.51. The highest BCUT2D eigenvalue weighted by molar-refractivity contribution is 5.88. The van der Waals surface area contributed by atoms with Gasteiger partial charge in [0.1, 0.15) is 6.04 Å². The minimum Gasteiger partial charge on any atom is -0.481 e. The largest absolute Gasteiger partial charge is 0.481 e. The van der Waals surface area contributed by atoms with E-state index in [1.807, 2.05) is 37.3 Å². The number of carboxylic acids is 1. The first-order valence-corrected chi connectivity index (χ1v) is 9.81. The summed E-state index contributed by atoms with van der Waals surface area (Å²) in [7, 11) is 0. The zero-order chi connectivity index (χ0) is 19.7. The summed E-state index contributed by atoms with van der Waals surface area (Å²) in [5.41, 5.74) is 0.0105. The molecule has 1 aliphatic carbocycles. The number of carboxylic acid groups (broad SMARTS) is 1. The van der Waals surface area contributed by atoms with Gasteiger partial charge in [-0.15, -0.1) is 0 Å². The molecular weight excluding hydrogens is 344 g/mol. The molecule has 2 rings (SSSR count). The van der Waals surface area contributed by atoms with Gasteiger partial charge in [-0.1, -0.05) is 62.9 Å². The number of rotatable bonds is 9. The van der Waals surface area contributed by atoms with Crippen LogP contribution in [-0.2, 0) is 20.8 Å². The molecule has 0 spiro atoms. The first-order chi connectivity index (χ1) is 13.0. The molecule has 3 N–H and O–H groups in total. The van der Waals surface area contributed by atoms with E-state index in [1.54, 1.807) is 0 Å². The van der Waals surface area contributed by atoms with Crippen molar-refractivity contribution in [1.29, 1.82) is 0 Å². The third-order valence-corrected chi connectivity index (χ3v) is 5.30. The SMILES string of the molecule is CCCC(NC(=O)Cc1ccccc1)C(=O)NCC1(C(=O)O)CCCCC1. The first-order valence-electron chi connectivity index (χ1n) is 9.81. The van der Waals surface area contributed by atoms with E-state index in [9.17, 15) is 19.5 Å². The fourth-order valence-electron chi connectivity index (χ4n) is 3.66. The Balaban J connectivity index is 1.93. The molecule has 2 amide bonds. The summed E-state index contributed by atoms with van der Waals surface area (Å²) in [6.07, 6.45) is 5.43. The molecule has 0 bridgehead atoms. The lowest BCUT2D eigenvalue weighted by Gasteiger charge is -2.33. The molecular formula is C21H30N2O4. The molecule has 1 aromatic carbocycles. The Morgan fingerprint density at radius 3 is 2.37 bits per heavy atom. The highest BCUT2D eigenvalue weighted by Gasteiger charge is 2.40. The molecule has 1 atom stereocenters. The predicted octanol–water partition coefficient (Wildman–Crippen LogP) is 2.67. The minimum absolute atomic E-state index is 0.121. The predicted molar refractivity (Wildman–Crippen MR) is 103 cm³/mol. The Bertz CT molecular complexity index is 639. The lowest BCUT2D eigenvalue weighted by molar-refractivity contribution is -0.151. The number of hydrogen-bond donors (Lipinski definition) is 3. The van der Waals surface area contributed by atoms with Crippen molar-refractivity contribution in [3.05, 3.63) is 35.9 Å². The van der Waals surface area contributed by atoms with Crippen molar-refractivity contribution in [3.63, 3.8) is 0 Å². The summed E-state index contributed by atoms with van der Waals surface area (Å²) in [6, 6.07) is 8.73. The van der Waals surface area contributed by atoms with Crippen LogP contribution >= 0.6 is 0 Å². The number of hydrogen-bond acceptors (Lipinski definition) is 3. The number of carbonyl (C=O) groups excluding carboxylic acids is 2. The van der Waals surface area contributed by atoms with E-state index in [-0.39, 0.29) is 24.8 Å². The Kier molecular flexibility index (Phi) is 7.82. The maximum atomic E-state index is 12.6. The molecule has 6 heteroatoms. The van der Waals surface area contributed by atoms with Crippen LogP contribution in [0.4, 0.5) is 0 Å². The number of aliphatic carboxylic acids is 1. The second kappa shape index (κ2) is 10.1. The topological polar surface area (TPSA) is 95.5 Å². The van der Waals surface area contributed by atoms with E-state index in [0.29, 0.717) is 19.3 Å². The van der Waals surface area contributed by atoms with Gasteiger partial charge in [0.05, 0.1) is 11.8 Å². The Morgan fingerprint density at radius 1 is 1.11 bits per heavy atom. The van der Waals surface area contributed by atoms with Gasteiger partial charge in [0.25, 0.3) is 0 Å². The van der Waals surface area contributed by atoms with Crippen LogP contribution in [0.2, 0.25) is 0 Å². The summed E-state index contributed by atoms with van der Waals surface area (Å²) in [5, 5.41) is 15.2. The Labute approximate surface area is 160 Å². The van der Waals surface area contributed by atoms with Crippen LogP contribution in [0.15, 0.2) is 30.3 Å². The van der Waals surface area contributed by atoms with E-state index in [0.717, 1.165) is 31.2 Å². The Hall–Kier alpha value is -2.37. The summed E-state index contributed by atoms with van der Waals surface area (Å²) >= 11 is 0. The van der Waals surface area contributed by atoms with E-state index in [2.05, 4.69) is 10.6 Å². The van der Waals surface area contributed by atoms with Gasteiger partial charge in [-0.05, 0) is 24.8 Å². The van der Waals surface area contributed by atoms with Crippen molar-refractivity contribution in [2.75, 3.05) is 6.54 Å². The fraction of sp³-hybridized carbons (Fsp3) is 0.571. The van der Waals surface area contributed by atoms with Gasteiger partial charge in [0.15, 0.2) is 0 Å². The number of carbonyl (C=O) groups is 3. The standard InChI is InChI=1S/C21H30N2O4/c1-2-9-17(23-18(24)14-16-10-5-3-6-11-16)19(25)22-15-21(20(26)27)12-7-4-8-13-21/h3,5-6,10-11,17H,2,4,7-9,12-15H2,1H3,(H,22,25)(H,23,24)(H,26,27). The molecule has 0 aromatic heterocycles. The third kappa shape index (κ3) is 6.08. The van der Waals surface area contributed by atoms with Crippen molar-refractivity contribution < 1.29 is 19.5 Å². The van der Waals surface area contributed by atoms with Gasteiger partial charge >= 0.3 is 5.97 Å². The van der Waals surface area contributed by atoms with Crippen molar-refractivity contribution in [2.24, 2.45) is 5.41 Å². The normalized spacial score (nSPS) is 16.9. The van der Waals surface area contributed by atoms with Gasteiger partial charge in [-0.3, -0.25) is 14.4 Å². The molecule has 0 radical (unpaired) electrons. The molecule has 1 saturated carbocycles. The number of nitrogens with one attached hydrogen (secondary N) is 2. The average Bonchev–Trinajstić information content (AvgIpc) is 2.67. The average molecular weight is 374 g/mol. The zero-order valence-electron chi connectivity index (χ0n) is 16.0. The maximum Gasteiger partial charge on any atom is 0.311 e. The van der Waals surface area contributed by atoms with Crippen LogP contribution in [0, 0.1) is 5.41 Å². The quantitative estimate of drug-likeness (QED) is 0.619. The molecule has 148 valence electrons. The van der Waals surface area contributed by atoms with Crippen LogP contribution in [0.25, 0.3) is 0 Å². The smallest absolute Gasteiger partial charge is 0.311 e. The summed E-state index contributed by atoms with van der Waals surface area (Å²) in [6.45, 7) is 2.07. The molecule has 0 aliphatic heterocycles. The second-order valence-electron chi connectivity index (χ2n) is 7.44. The monoisotopic (exact) mass is 374 g/mol. The summed E-state index contributed by atoms with van der Waals surface area (Å²) in [4.78, 5) is 36.6. The highest BCUT2D eigenvalue weighted by Crippen LogP contribution is 2.36. The van der Waals surface area contributed by atoms with E-state index in [4.69, 9.17) is 0 Å². The fourth-order valence-corrected chi connectivity index (χ4v) is 3.66. The van der Waals surface area contributed by atoms with Crippen LogP contribution in [0.5, 0.6) is 0 Å². The van der Waals surface area contributed by atoms with Gasteiger partial charge < -0.3 is 15.7 Å². The molecule has 1 unspecified atom stereocenters. The van der Waals surface area contributed by atoms with Crippen molar-refractivity contribution >= 4 is 17.8 Å². The Morgan fingerprint density at radius 2 is 1.78 bits per heavy atom. The summed E-state index contributed by atoms with van der Waals surface area (Å²) < 4.78 is 0. The van der Waals surface area contributed by atoms with Crippen molar-refractivity contribution in [2.45, 2.75) is 64.3 Å². The van der Waals surface area contributed by atoms with E-state index >= 15 is 0 Å². The molecule has 1 aliphatic rings. The molecule has 1 aromatic rings. The summed E-state index contributed by atoms with van der Waals surface area (Å²) in [5.74, 6) is -1.35. The lowest BCUT2D eigenvalue weighted by atomic mass is 9.74. The van der Waals surface area contributed by atoms with Gasteiger partial charge in [-0.25, -0.2) is 0 Å². The van der Waals surface area contributed by atoms with E-state index in [1.165, 1.54) is 0 Å². The first kappa shape index (κ1) is 20.9. The van der Waals surface area contributed by atoms with Gasteiger partial charge in [0.2, 0.25) is 11.8 Å². The minimum atomic E-state index is -0.876. The molecule has 0 saturated heterocycles. The zero-order valence-corrected chi connectivity index (χ0v) is 16.0. The molecule has 1 fully saturated rings. The van der Waals surface area contributed by atoms with Crippen molar-refractivity contribution in [3.8, 4) is 0 Å². The van der Waals surface area contributed by atoms with Crippen LogP contribution in [0.3, 0.4) is 0 Å². The second-order valence-corrected chi connectivity index (χ2v) is 7.44. The van der Waals surface area contributed by atoms with Crippen molar-refractivity contribution in [1.82, 2.24) is 10.6 Å². The molecule has 27 heavy (non-hydrogen) atoms. The van der Waals surface area contributed by atoms with Crippen LogP contribution in [-0.4, -0.2) is 35.5 Å². The maximum absolute atomic E-state index is 12.6. The van der Waals surface area contributed by atoms with E-state index < -0.39 is 17.4 Å². The van der Waals surface area contributed by atoms with Crippen LogP contribution < -0.4 is 10.6 Å². The molecule has 0 heterocycles. The van der Waals surface area contributed by atoms with Gasteiger partial charge in [-0.2, -0.15) is 0 Å². The molecule has 6 nitrogen and oxygen atoms in total.